The van der Waals surface area contributed by atoms with Crippen molar-refractivity contribution in [1.82, 2.24) is 0 Å². The van der Waals surface area contributed by atoms with Gasteiger partial charge in [0.2, 0.25) is 10.0 Å². The number of sulfone groups is 1. The van der Waals surface area contributed by atoms with Crippen molar-refractivity contribution in [3.63, 3.8) is 0 Å². The van der Waals surface area contributed by atoms with Gasteiger partial charge in [0, 0.05) is 0 Å². The highest BCUT2D eigenvalue weighted by Crippen LogP contribution is 2.33. The molecule has 1 heterocycles. The Labute approximate surface area is 116 Å². The molecule has 1 aliphatic carbocycles. The summed E-state index contributed by atoms with van der Waals surface area (Å²) in [4.78, 5) is 0. The summed E-state index contributed by atoms with van der Waals surface area (Å²) in [5.74, 6) is 0. The minimum Gasteiger partial charge on any atom is -0.393 e. The van der Waals surface area contributed by atoms with Crippen LogP contribution in [0.5, 0.6) is 0 Å². The van der Waals surface area contributed by atoms with Crippen molar-refractivity contribution >= 4 is 31.2 Å². The number of thiophene rings is 1. The zero-order chi connectivity index (χ0) is 14.3. The molecule has 0 radical (unpaired) electrons. The van der Waals surface area contributed by atoms with Crippen molar-refractivity contribution in [3.8, 4) is 0 Å². The Hall–Kier alpha value is -0.480. The third-order valence-electron chi connectivity index (χ3n) is 3.20. The van der Waals surface area contributed by atoms with Gasteiger partial charge in [-0.25, -0.2) is 22.0 Å². The first-order valence-electron chi connectivity index (χ1n) is 5.76. The third-order valence-corrected chi connectivity index (χ3v) is 8.51. The van der Waals surface area contributed by atoms with E-state index in [1.54, 1.807) is 0 Å². The first kappa shape index (κ1) is 14.9. The monoisotopic (exact) mass is 325 g/mol. The quantitative estimate of drug-likeness (QED) is 0.838. The van der Waals surface area contributed by atoms with Gasteiger partial charge in [0.15, 0.2) is 9.84 Å². The predicted molar refractivity (Wildman–Crippen MR) is 71.1 cm³/mol. The van der Waals surface area contributed by atoms with E-state index >= 15 is 0 Å². The molecule has 0 atom stereocenters. The van der Waals surface area contributed by atoms with Crippen LogP contribution in [-0.4, -0.2) is 33.3 Å². The summed E-state index contributed by atoms with van der Waals surface area (Å²) < 4.78 is 46.8. The van der Waals surface area contributed by atoms with E-state index in [1.807, 2.05) is 0 Å². The van der Waals surface area contributed by atoms with Gasteiger partial charge in [0.25, 0.3) is 0 Å². The molecule has 0 spiro atoms. The molecule has 108 valence electrons. The van der Waals surface area contributed by atoms with E-state index < -0.39 is 31.2 Å². The molecule has 6 nitrogen and oxygen atoms in total. The Morgan fingerprint density at radius 2 is 1.58 bits per heavy atom. The van der Waals surface area contributed by atoms with E-state index in [1.165, 1.54) is 12.1 Å². The zero-order valence-corrected chi connectivity index (χ0v) is 12.5. The minimum absolute atomic E-state index is 0.0258. The van der Waals surface area contributed by atoms with E-state index in [0.717, 1.165) is 0 Å². The number of aliphatic hydroxyl groups excluding tert-OH is 1. The van der Waals surface area contributed by atoms with Gasteiger partial charge in [-0.05, 0) is 37.8 Å². The SMILES string of the molecule is NS(=O)(=O)c1ccc(S(=O)(=O)C2CCC(O)CC2)s1. The van der Waals surface area contributed by atoms with Gasteiger partial charge >= 0.3 is 0 Å². The Morgan fingerprint density at radius 3 is 2.05 bits per heavy atom. The number of rotatable bonds is 3. The van der Waals surface area contributed by atoms with Crippen molar-refractivity contribution in [2.45, 2.75) is 45.5 Å². The second kappa shape index (κ2) is 5.13. The topological polar surface area (TPSA) is 115 Å². The van der Waals surface area contributed by atoms with Crippen molar-refractivity contribution in [2.24, 2.45) is 5.14 Å². The maximum atomic E-state index is 12.3. The van der Waals surface area contributed by atoms with Crippen LogP contribution in [0.1, 0.15) is 25.7 Å². The van der Waals surface area contributed by atoms with Crippen molar-refractivity contribution in [2.75, 3.05) is 0 Å². The first-order valence-corrected chi connectivity index (χ1v) is 9.67. The Kier molecular flexibility index (Phi) is 4.03. The highest BCUT2D eigenvalue weighted by atomic mass is 32.3. The van der Waals surface area contributed by atoms with Gasteiger partial charge in [-0.2, -0.15) is 0 Å². The summed E-state index contributed by atoms with van der Waals surface area (Å²) in [6.45, 7) is 0. The van der Waals surface area contributed by atoms with Crippen LogP contribution >= 0.6 is 11.3 Å². The van der Waals surface area contributed by atoms with E-state index in [4.69, 9.17) is 5.14 Å². The highest BCUT2D eigenvalue weighted by molar-refractivity contribution is 7.95. The molecule has 9 heteroatoms. The molecular formula is C10H15NO5S3. The van der Waals surface area contributed by atoms with Crippen molar-refractivity contribution in [3.05, 3.63) is 12.1 Å². The molecule has 1 aromatic rings. The lowest BCUT2D eigenvalue weighted by atomic mass is 9.97. The molecule has 0 bridgehead atoms. The summed E-state index contributed by atoms with van der Waals surface area (Å²) in [7, 11) is -7.41. The molecule has 0 aromatic carbocycles. The van der Waals surface area contributed by atoms with E-state index in [2.05, 4.69) is 0 Å². The second-order valence-electron chi connectivity index (χ2n) is 4.59. The fraction of sp³-hybridized carbons (Fsp3) is 0.600. The van der Waals surface area contributed by atoms with Crippen LogP contribution in [0.15, 0.2) is 20.6 Å². The lowest BCUT2D eigenvalue weighted by Gasteiger charge is -2.24. The Balaban J connectivity index is 2.28. The lowest BCUT2D eigenvalue weighted by Crippen LogP contribution is -2.28. The summed E-state index contributed by atoms with van der Waals surface area (Å²) in [5.41, 5.74) is 0. The van der Waals surface area contributed by atoms with Crippen LogP contribution in [0.25, 0.3) is 0 Å². The molecule has 0 aliphatic heterocycles. The molecule has 1 fully saturated rings. The molecule has 1 aliphatic rings. The number of aliphatic hydroxyl groups is 1. The van der Waals surface area contributed by atoms with Crippen molar-refractivity contribution in [1.29, 1.82) is 0 Å². The molecule has 2 rings (SSSR count). The number of hydrogen-bond donors (Lipinski definition) is 2. The molecule has 0 amide bonds. The molecule has 19 heavy (non-hydrogen) atoms. The van der Waals surface area contributed by atoms with Crippen molar-refractivity contribution < 1.29 is 21.9 Å². The number of primary sulfonamides is 1. The second-order valence-corrected chi connectivity index (χ2v) is 9.92. The van der Waals surface area contributed by atoms with Crippen LogP contribution in [0.3, 0.4) is 0 Å². The molecule has 1 saturated carbocycles. The summed E-state index contributed by atoms with van der Waals surface area (Å²) >= 11 is 0.678. The summed E-state index contributed by atoms with van der Waals surface area (Å²) in [6, 6.07) is 2.50. The van der Waals surface area contributed by atoms with E-state index in [9.17, 15) is 21.9 Å². The van der Waals surface area contributed by atoms with E-state index in [-0.39, 0.29) is 8.42 Å². The van der Waals surface area contributed by atoms with Gasteiger partial charge in [-0.1, -0.05) is 0 Å². The Morgan fingerprint density at radius 1 is 1.05 bits per heavy atom. The summed E-state index contributed by atoms with van der Waals surface area (Å²) in [6.07, 6.45) is 1.27. The standard InChI is InChI=1S/C10H15NO5S3/c11-19(15,16)10-6-5-9(17-10)18(13,14)8-3-1-7(12)2-4-8/h5-8,12H,1-4H2,(H2,11,15,16). The highest BCUT2D eigenvalue weighted by Gasteiger charge is 2.33. The number of nitrogens with two attached hydrogens (primary N) is 1. The van der Waals surface area contributed by atoms with Crippen LogP contribution < -0.4 is 5.14 Å². The normalized spacial score (nSPS) is 25.4. The summed E-state index contributed by atoms with van der Waals surface area (Å²) in [5, 5.41) is 13.8. The predicted octanol–water partition coefficient (Wildman–Crippen LogP) is 0.473. The largest absolute Gasteiger partial charge is 0.393 e. The van der Waals surface area contributed by atoms with Gasteiger partial charge < -0.3 is 5.11 Å². The average Bonchev–Trinajstić information content (AvgIpc) is 2.79. The fourth-order valence-corrected chi connectivity index (χ4v) is 6.37. The van der Waals surface area contributed by atoms with Crippen LogP contribution in [0, 0.1) is 0 Å². The molecule has 0 saturated heterocycles. The number of hydrogen-bond acceptors (Lipinski definition) is 6. The molecule has 1 aromatic heterocycles. The van der Waals surface area contributed by atoms with Crippen LogP contribution in [-0.2, 0) is 19.9 Å². The minimum atomic E-state index is -3.87. The van der Waals surface area contributed by atoms with Gasteiger partial charge in [0.05, 0.1) is 11.4 Å². The molecular weight excluding hydrogens is 310 g/mol. The van der Waals surface area contributed by atoms with E-state index in [0.29, 0.717) is 37.0 Å². The zero-order valence-electron chi connectivity index (χ0n) is 10.0. The average molecular weight is 325 g/mol. The molecule has 3 N–H and O–H groups in total. The van der Waals surface area contributed by atoms with Gasteiger partial charge in [-0.15, -0.1) is 11.3 Å². The number of sulfonamides is 1. The molecule has 0 unspecified atom stereocenters. The maximum Gasteiger partial charge on any atom is 0.247 e. The van der Waals surface area contributed by atoms with Gasteiger partial charge in [0.1, 0.15) is 8.42 Å². The fourth-order valence-electron chi connectivity index (χ4n) is 2.13. The lowest BCUT2D eigenvalue weighted by molar-refractivity contribution is 0.131. The first-order chi connectivity index (χ1) is 8.71. The van der Waals surface area contributed by atoms with Crippen LogP contribution in [0.2, 0.25) is 0 Å². The van der Waals surface area contributed by atoms with Gasteiger partial charge in [-0.3, -0.25) is 0 Å². The third kappa shape index (κ3) is 3.16. The Bertz CT molecular complexity index is 653. The van der Waals surface area contributed by atoms with Crippen LogP contribution in [0.4, 0.5) is 0 Å². The maximum absolute atomic E-state index is 12.3. The smallest absolute Gasteiger partial charge is 0.247 e.